The van der Waals surface area contributed by atoms with E-state index in [0.29, 0.717) is 0 Å². The summed E-state index contributed by atoms with van der Waals surface area (Å²) in [5.41, 5.74) is -0.843. The molecule has 15 heavy (non-hydrogen) atoms. The molecule has 0 amide bonds. The Bertz CT molecular complexity index is 427. The Morgan fingerprint density at radius 2 is 2.13 bits per heavy atom. The number of methoxy groups -OCH3 is 1. The van der Waals surface area contributed by atoms with Gasteiger partial charge in [0.25, 0.3) is 0 Å². The van der Waals surface area contributed by atoms with E-state index < -0.39 is 22.1 Å². The molecule has 0 saturated carbocycles. The standard InChI is InChI=1S/C9H9NO5/c1-5(11)8-6(12)3-4-7(15-2)9(8)10(13)14/h3-4,12H,1-2H3. The maximum Gasteiger partial charge on any atom is 0.325 e. The van der Waals surface area contributed by atoms with E-state index in [-0.39, 0.29) is 11.3 Å². The normalized spacial score (nSPS) is 9.73. The fourth-order valence-corrected chi connectivity index (χ4v) is 1.25. The summed E-state index contributed by atoms with van der Waals surface area (Å²) in [5, 5.41) is 20.1. The van der Waals surface area contributed by atoms with E-state index >= 15 is 0 Å². The molecule has 0 aliphatic carbocycles. The van der Waals surface area contributed by atoms with E-state index in [1.54, 1.807) is 0 Å². The van der Waals surface area contributed by atoms with Crippen LogP contribution in [0, 0.1) is 10.1 Å². The monoisotopic (exact) mass is 211 g/mol. The lowest BCUT2D eigenvalue weighted by molar-refractivity contribution is -0.386. The maximum absolute atomic E-state index is 11.1. The molecule has 1 N–H and O–H groups in total. The first-order valence-electron chi connectivity index (χ1n) is 4.04. The highest BCUT2D eigenvalue weighted by Crippen LogP contribution is 2.36. The second kappa shape index (κ2) is 3.95. The molecule has 0 heterocycles. The first kappa shape index (κ1) is 11.0. The van der Waals surface area contributed by atoms with Crippen molar-refractivity contribution in [3.63, 3.8) is 0 Å². The number of carbonyl (C=O) groups excluding carboxylic acids is 1. The molecule has 0 spiro atoms. The second-order valence-corrected chi connectivity index (χ2v) is 2.82. The van der Waals surface area contributed by atoms with E-state index in [9.17, 15) is 20.0 Å². The number of phenolic OH excluding ortho intramolecular Hbond substituents is 1. The van der Waals surface area contributed by atoms with Crippen LogP contribution in [0.3, 0.4) is 0 Å². The molecule has 0 unspecified atom stereocenters. The molecule has 0 aromatic heterocycles. The zero-order valence-electron chi connectivity index (χ0n) is 8.18. The zero-order chi connectivity index (χ0) is 11.6. The zero-order valence-corrected chi connectivity index (χ0v) is 8.18. The quantitative estimate of drug-likeness (QED) is 0.465. The predicted molar refractivity (Wildman–Crippen MR) is 51.3 cm³/mol. The van der Waals surface area contributed by atoms with E-state index in [1.807, 2.05) is 0 Å². The van der Waals surface area contributed by atoms with Crippen LogP contribution in [0.25, 0.3) is 0 Å². The van der Waals surface area contributed by atoms with Gasteiger partial charge < -0.3 is 9.84 Å². The van der Waals surface area contributed by atoms with Crippen LogP contribution in [-0.4, -0.2) is 22.9 Å². The third-order valence-electron chi connectivity index (χ3n) is 1.87. The molecule has 0 fully saturated rings. The Hall–Kier alpha value is -2.11. The summed E-state index contributed by atoms with van der Waals surface area (Å²) < 4.78 is 4.75. The molecule has 0 aliphatic heterocycles. The molecule has 6 nitrogen and oxygen atoms in total. The number of carbonyl (C=O) groups is 1. The number of phenols is 1. The number of ether oxygens (including phenoxy) is 1. The SMILES string of the molecule is COc1ccc(O)c(C(C)=O)c1[N+](=O)[O-]. The molecule has 0 aliphatic rings. The Labute approximate surface area is 85.2 Å². The molecular weight excluding hydrogens is 202 g/mol. The number of ketones is 1. The van der Waals surface area contributed by atoms with Crippen LogP contribution in [0.5, 0.6) is 11.5 Å². The molecule has 1 aromatic rings. The number of nitro groups is 1. The topological polar surface area (TPSA) is 89.7 Å². The van der Waals surface area contributed by atoms with E-state index in [1.165, 1.54) is 19.2 Å². The third kappa shape index (κ3) is 1.88. The van der Waals surface area contributed by atoms with Crippen LogP contribution >= 0.6 is 0 Å². The highest BCUT2D eigenvalue weighted by Gasteiger charge is 2.26. The number of hydrogen-bond donors (Lipinski definition) is 1. The van der Waals surface area contributed by atoms with Crippen molar-refractivity contribution in [2.24, 2.45) is 0 Å². The summed E-state index contributed by atoms with van der Waals surface area (Å²) in [6, 6.07) is 2.42. The number of hydrogen-bond acceptors (Lipinski definition) is 5. The van der Waals surface area contributed by atoms with E-state index in [0.717, 1.165) is 6.92 Å². The first-order chi connectivity index (χ1) is 6.99. The number of nitrogens with zero attached hydrogens (tertiary/aromatic N) is 1. The molecular formula is C9H9NO5. The average molecular weight is 211 g/mol. The Balaban J connectivity index is 3.58. The summed E-state index contributed by atoms with van der Waals surface area (Å²) in [5.74, 6) is -1.06. The van der Waals surface area contributed by atoms with Gasteiger partial charge in [-0.15, -0.1) is 0 Å². The van der Waals surface area contributed by atoms with Crippen molar-refractivity contribution in [3.05, 3.63) is 27.8 Å². The number of Topliss-reactive ketones (excluding diaryl/α,β-unsaturated/α-hetero) is 1. The van der Waals surface area contributed by atoms with Gasteiger partial charge in [-0.2, -0.15) is 0 Å². The Kier molecular flexibility index (Phi) is 2.89. The predicted octanol–water partition coefficient (Wildman–Crippen LogP) is 1.51. The summed E-state index contributed by atoms with van der Waals surface area (Å²) in [6.45, 7) is 1.14. The van der Waals surface area contributed by atoms with Gasteiger partial charge in [0.15, 0.2) is 11.5 Å². The molecule has 80 valence electrons. The minimum absolute atomic E-state index is 0.0528. The van der Waals surface area contributed by atoms with Gasteiger partial charge in [-0.3, -0.25) is 14.9 Å². The fraction of sp³-hybridized carbons (Fsp3) is 0.222. The van der Waals surface area contributed by atoms with Gasteiger partial charge in [-0.05, 0) is 19.1 Å². The lowest BCUT2D eigenvalue weighted by Gasteiger charge is -2.06. The van der Waals surface area contributed by atoms with Gasteiger partial charge in [-0.1, -0.05) is 0 Å². The van der Waals surface area contributed by atoms with Crippen LogP contribution in [0.2, 0.25) is 0 Å². The van der Waals surface area contributed by atoms with E-state index in [4.69, 9.17) is 4.74 Å². The van der Waals surface area contributed by atoms with Crippen LogP contribution < -0.4 is 4.74 Å². The van der Waals surface area contributed by atoms with Gasteiger partial charge >= 0.3 is 5.69 Å². The average Bonchev–Trinajstić information content (AvgIpc) is 2.16. The highest BCUT2D eigenvalue weighted by molar-refractivity contribution is 6.01. The molecule has 0 radical (unpaired) electrons. The smallest absolute Gasteiger partial charge is 0.325 e. The van der Waals surface area contributed by atoms with Crippen LogP contribution in [-0.2, 0) is 0 Å². The molecule has 0 saturated heterocycles. The summed E-state index contributed by atoms with van der Waals surface area (Å²) >= 11 is 0. The first-order valence-corrected chi connectivity index (χ1v) is 4.04. The van der Waals surface area contributed by atoms with Crippen molar-refractivity contribution in [2.45, 2.75) is 6.92 Å². The van der Waals surface area contributed by atoms with Gasteiger partial charge in [0, 0.05) is 0 Å². The van der Waals surface area contributed by atoms with E-state index in [2.05, 4.69) is 0 Å². The van der Waals surface area contributed by atoms with Crippen molar-refractivity contribution in [3.8, 4) is 11.5 Å². The van der Waals surface area contributed by atoms with Crippen molar-refractivity contribution in [2.75, 3.05) is 7.11 Å². The summed E-state index contributed by atoms with van der Waals surface area (Å²) in [7, 11) is 1.25. The highest BCUT2D eigenvalue weighted by atomic mass is 16.6. The van der Waals surface area contributed by atoms with Crippen LogP contribution in [0.15, 0.2) is 12.1 Å². The summed E-state index contributed by atoms with van der Waals surface area (Å²) in [4.78, 5) is 21.1. The Morgan fingerprint density at radius 3 is 2.53 bits per heavy atom. The second-order valence-electron chi connectivity index (χ2n) is 2.82. The van der Waals surface area contributed by atoms with Gasteiger partial charge in [0.05, 0.1) is 12.0 Å². The molecule has 6 heteroatoms. The van der Waals surface area contributed by atoms with Crippen LogP contribution in [0.4, 0.5) is 5.69 Å². The number of aromatic hydroxyl groups is 1. The van der Waals surface area contributed by atoms with Gasteiger partial charge in [0.2, 0.25) is 0 Å². The Morgan fingerprint density at radius 1 is 1.53 bits per heavy atom. The lowest BCUT2D eigenvalue weighted by Crippen LogP contribution is -2.03. The van der Waals surface area contributed by atoms with Crippen molar-refractivity contribution >= 4 is 11.5 Å². The maximum atomic E-state index is 11.1. The number of nitro benzene ring substituents is 1. The number of rotatable bonds is 3. The largest absolute Gasteiger partial charge is 0.507 e. The van der Waals surface area contributed by atoms with Crippen LogP contribution in [0.1, 0.15) is 17.3 Å². The molecule has 0 bridgehead atoms. The minimum Gasteiger partial charge on any atom is -0.507 e. The molecule has 1 aromatic carbocycles. The minimum atomic E-state index is -0.755. The van der Waals surface area contributed by atoms with Gasteiger partial charge in [0.1, 0.15) is 11.3 Å². The molecule has 1 rings (SSSR count). The number of benzene rings is 1. The fourth-order valence-electron chi connectivity index (χ4n) is 1.25. The van der Waals surface area contributed by atoms with Crippen molar-refractivity contribution in [1.29, 1.82) is 0 Å². The summed E-state index contributed by atoms with van der Waals surface area (Å²) in [6.07, 6.45) is 0. The van der Waals surface area contributed by atoms with Crippen molar-refractivity contribution in [1.82, 2.24) is 0 Å². The van der Waals surface area contributed by atoms with Gasteiger partial charge in [-0.25, -0.2) is 0 Å². The third-order valence-corrected chi connectivity index (χ3v) is 1.87. The lowest BCUT2D eigenvalue weighted by atomic mass is 10.1. The van der Waals surface area contributed by atoms with Crippen molar-refractivity contribution < 1.29 is 19.6 Å². The molecule has 0 atom stereocenters.